The molecule has 2 N–H and O–H groups in total. The molecule has 31 heavy (non-hydrogen) atoms. The number of nitrogens with zero attached hydrogens (tertiary/aromatic N) is 2. The number of amides is 2. The number of benzene rings is 2. The van der Waals surface area contributed by atoms with Gasteiger partial charge in [0.05, 0.1) is 19.2 Å². The minimum atomic E-state index is -0.748. The number of halogens is 2. The summed E-state index contributed by atoms with van der Waals surface area (Å²) >= 11 is 12.0. The van der Waals surface area contributed by atoms with Crippen LogP contribution in [0.4, 0.5) is 11.5 Å². The van der Waals surface area contributed by atoms with Crippen molar-refractivity contribution >= 4 is 46.5 Å². The number of aromatic nitrogens is 2. The summed E-state index contributed by atoms with van der Waals surface area (Å²) in [5, 5.41) is 11.1. The Kier molecular flexibility index (Phi) is 5.89. The number of hydrogen-bond donors (Lipinski definition) is 2. The molecule has 4 rings (SSSR count). The van der Waals surface area contributed by atoms with E-state index in [4.69, 9.17) is 27.9 Å². The van der Waals surface area contributed by atoms with Crippen LogP contribution in [0.2, 0.25) is 10.0 Å². The molecule has 0 radical (unpaired) electrons. The van der Waals surface area contributed by atoms with Crippen LogP contribution in [0.5, 0.6) is 5.75 Å². The topological polar surface area (TPSA) is 85.2 Å². The third-order valence-electron chi connectivity index (χ3n) is 5.06. The van der Waals surface area contributed by atoms with Crippen molar-refractivity contribution in [2.24, 2.45) is 0 Å². The number of nitrogens with one attached hydrogen (secondary N) is 2. The Morgan fingerprint density at radius 1 is 1.19 bits per heavy atom. The zero-order valence-electron chi connectivity index (χ0n) is 16.9. The molecule has 2 heterocycles. The fraction of sp³-hybridized carbons (Fsp3) is 0.227. The van der Waals surface area contributed by atoms with Crippen LogP contribution in [0.25, 0.3) is 11.1 Å². The van der Waals surface area contributed by atoms with Crippen molar-refractivity contribution in [2.45, 2.75) is 25.8 Å². The number of carbonyl (C=O) groups is 2. The first-order valence-corrected chi connectivity index (χ1v) is 10.5. The van der Waals surface area contributed by atoms with Crippen LogP contribution in [0.3, 0.4) is 0 Å². The van der Waals surface area contributed by atoms with Gasteiger partial charge in [0.1, 0.15) is 17.6 Å². The molecule has 160 valence electrons. The Morgan fingerprint density at radius 2 is 1.87 bits per heavy atom. The lowest BCUT2D eigenvalue weighted by atomic mass is 10.0. The first-order chi connectivity index (χ1) is 14.9. The Labute approximate surface area is 189 Å². The molecule has 7 nitrogen and oxygen atoms in total. The van der Waals surface area contributed by atoms with E-state index in [1.165, 1.54) is 0 Å². The maximum absolute atomic E-state index is 12.7. The van der Waals surface area contributed by atoms with Crippen molar-refractivity contribution in [3.8, 4) is 16.9 Å². The lowest BCUT2D eigenvalue weighted by Crippen LogP contribution is -2.24. The second-order valence-corrected chi connectivity index (χ2v) is 7.99. The van der Waals surface area contributed by atoms with E-state index in [-0.39, 0.29) is 18.2 Å². The van der Waals surface area contributed by atoms with Gasteiger partial charge in [0.15, 0.2) is 0 Å². The lowest BCUT2D eigenvalue weighted by molar-refractivity contribution is -0.123. The molecule has 2 aromatic carbocycles. The Hall–Kier alpha value is -3.03. The maximum atomic E-state index is 12.7. The summed E-state index contributed by atoms with van der Waals surface area (Å²) in [4.78, 5) is 25.3. The quantitative estimate of drug-likeness (QED) is 0.546. The Morgan fingerprint density at radius 3 is 2.48 bits per heavy atom. The predicted octanol–water partition coefficient (Wildman–Crippen LogP) is 4.95. The summed E-state index contributed by atoms with van der Waals surface area (Å²) in [7, 11) is 1.61. The van der Waals surface area contributed by atoms with Crippen molar-refractivity contribution in [2.75, 3.05) is 17.7 Å². The van der Waals surface area contributed by atoms with Crippen molar-refractivity contribution in [3.63, 3.8) is 0 Å². The SMILES string of the molecule is CCc1nn2c(c1-c1ccc(OC)cc1)NC(=O)C2CC(=O)Nc1cc(Cl)cc(Cl)c1. The van der Waals surface area contributed by atoms with Gasteiger partial charge in [-0.1, -0.05) is 42.3 Å². The maximum Gasteiger partial charge on any atom is 0.251 e. The highest BCUT2D eigenvalue weighted by Crippen LogP contribution is 2.39. The van der Waals surface area contributed by atoms with E-state index in [0.717, 1.165) is 22.6 Å². The number of methoxy groups -OCH3 is 1. The summed E-state index contributed by atoms with van der Waals surface area (Å²) in [6, 6.07) is 11.6. The van der Waals surface area contributed by atoms with Crippen molar-refractivity contribution < 1.29 is 14.3 Å². The monoisotopic (exact) mass is 458 g/mol. The molecule has 0 bridgehead atoms. The Bertz CT molecular complexity index is 1140. The highest BCUT2D eigenvalue weighted by atomic mass is 35.5. The van der Waals surface area contributed by atoms with Gasteiger partial charge in [0.25, 0.3) is 5.91 Å². The average molecular weight is 459 g/mol. The molecule has 0 saturated heterocycles. The number of carbonyl (C=O) groups excluding carboxylic acids is 2. The second kappa shape index (κ2) is 8.61. The van der Waals surface area contributed by atoms with Crippen LogP contribution >= 0.6 is 23.2 Å². The van der Waals surface area contributed by atoms with E-state index in [0.29, 0.717) is 28.0 Å². The number of fused-ring (bicyclic) bond motifs is 1. The van der Waals surface area contributed by atoms with Crippen molar-refractivity contribution in [1.29, 1.82) is 0 Å². The molecule has 1 aromatic heterocycles. The zero-order chi connectivity index (χ0) is 22.1. The fourth-order valence-electron chi connectivity index (χ4n) is 3.64. The van der Waals surface area contributed by atoms with Gasteiger partial charge in [0.2, 0.25) is 5.91 Å². The molecule has 9 heteroatoms. The number of aryl methyl sites for hydroxylation is 1. The first kappa shape index (κ1) is 21.2. The summed E-state index contributed by atoms with van der Waals surface area (Å²) in [5.74, 6) is 0.714. The lowest BCUT2D eigenvalue weighted by Gasteiger charge is -2.10. The van der Waals surface area contributed by atoms with Crippen molar-refractivity contribution in [1.82, 2.24) is 9.78 Å². The normalized spacial score (nSPS) is 14.8. The van der Waals surface area contributed by atoms with E-state index < -0.39 is 6.04 Å². The van der Waals surface area contributed by atoms with E-state index >= 15 is 0 Å². The second-order valence-electron chi connectivity index (χ2n) is 7.11. The third kappa shape index (κ3) is 4.24. The standard InChI is InChI=1S/C22H20Cl2N4O3/c1-3-17-20(12-4-6-16(31-2)7-5-12)21-26-22(30)18(28(21)27-17)11-19(29)25-15-9-13(23)8-14(24)10-15/h4-10,18H,3,11H2,1-2H3,(H,25,29)(H,26,30). The van der Waals surface area contributed by atoms with Gasteiger partial charge in [-0.05, 0) is 42.3 Å². The largest absolute Gasteiger partial charge is 0.497 e. The van der Waals surface area contributed by atoms with Crippen LogP contribution in [-0.4, -0.2) is 28.7 Å². The van der Waals surface area contributed by atoms with Crippen LogP contribution in [0.15, 0.2) is 42.5 Å². The molecule has 1 atom stereocenters. The van der Waals surface area contributed by atoms with Crippen molar-refractivity contribution in [3.05, 3.63) is 58.2 Å². The van der Waals surface area contributed by atoms with Gasteiger partial charge in [-0.25, -0.2) is 4.68 Å². The minimum absolute atomic E-state index is 0.0736. The van der Waals surface area contributed by atoms with Gasteiger partial charge in [-0.2, -0.15) is 5.10 Å². The summed E-state index contributed by atoms with van der Waals surface area (Å²) in [6.45, 7) is 2.00. The van der Waals surface area contributed by atoms with E-state index in [2.05, 4.69) is 15.7 Å². The number of rotatable bonds is 6. The molecule has 1 aliphatic heterocycles. The fourth-order valence-corrected chi connectivity index (χ4v) is 4.16. The van der Waals surface area contributed by atoms with Crippen LogP contribution < -0.4 is 15.4 Å². The Balaban J connectivity index is 1.60. The molecule has 1 unspecified atom stereocenters. The molecule has 3 aromatic rings. The predicted molar refractivity (Wildman–Crippen MR) is 121 cm³/mol. The number of anilines is 2. The van der Waals surface area contributed by atoms with Gasteiger partial charge in [-0.3, -0.25) is 9.59 Å². The molecule has 0 spiro atoms. The van der Waals surface area contributed by atoms with Gasteiger partial charge < -0.3 is 15.4 Å². The van der Waals surface area contributed by atoms with Gasteiger partial charge in [-0.15, -0.1) is 0 Å². The molecule has 2 amide bonds. The highest BCUT2D eigenvalue weighted by Gasteiger charge is 2.36. The summed E-state index contributed by atoms with van der Waals surface area (Å²) in [5.41, 5.74) is 3.07. The van der Waals surface area contributed by atoms with E-state index in [1.54, 1.807) is 30.0 Å². The molecule has 0 saturated carbocycles. The summed E-state index contributed by atoms with van der Waals surface area (Å²) < 4.78 is 6.83. The number of ether oxygens (including phenoxy) is 1. The van der Waals surface area contributed by atoms with E-state index in [1.807, 2.05) is 31.2 Å². The summed E-state index contributed by atoms with van der Waals surface area (Å²) in [6.07, 6.45) is 0.604. The smallest absolute Gasteiger partial charge is 0.251 e. The number of hydrogen-bond acceptors (Lipinski definition) is 4. The van der Waals surface area contributed by atoms with Crippen LogP contribution in [0.1, 0.15) is 25.1 Å². The molecular formula is C22H20Cl2N4O3. The van der Waals surface area contributed by atoms with Crippen LogP contribution in [-0.2, 0) is 16.0 Å². The first-order valence-electron chi connectivity index (χ1n) is 9.72. The highest BCUT2D eigenvalue weighted by molar-refractivity contribution is 6.35. The zero-order valence-corrected chi connectivity index (χ0v) is 18.4. The molecule has 1 aliphatic rings. The minimum Gasteiger partial charge on any atom is -0.497 e. The van der Waals surface area contributed by atoms with E-state index in [9.17, 15) is 9.59 Å². The van der Waals surface area contributed by atoms with Gasteiger partial charge in [0, 0.05) is 21.3 Å². The average Bonchev–Trinajstić information content (AvgIpc) is 3.22. The van der Waals surface area contributed by atoms with Gasteiger partial charge >= 0.3 is 0 Å². The third-order valence-corrected chi connectivity index (χ3v) is 5.50. The molecule has 0 aliphatic carbocycles. The molecular weight excluding hydrogens is 439 g/mol. The molecule has 0 fully saturated rings. The van der Waals surface area contributed by atoms with Crippen LogP contribution in [0, 0.1) is 0 Å².